The van der Waals surface area contributed by atoms with Gasteiger partial charge in [-0.2, -0.15) is 0 Å². The van der Waals surface area contributed by atoms with Gasteiger partial charge in [-0.15, -0.1) is 0 Å². The normalized spacial score (nSPS) is 18.2. The molecule has 0 bridgehead atoms. The number of aliphatic imine (C=N–C) groups is 1. The number of halogens is 1. The van der Waals surface area contributed by atoms with Crippen molar-refractivity contribution in [3.63, 3.8) is 0 Å². The highest BCUT2D eigenvalue weighted by Gasteiger charge is 2.23. The second-order valence-corrected chi connectivity index (χ2v) is 7.99. The van der Waals surface area contributed by atoms with Gasteiger partial charge in [0, 0.05) is 31.0 Å². The molecule has 8 nitrogen and oxygen atoms in total. The summed E-state index contributed by atoms with van der Waals surface area (Å²) in [5.74, 6) is -0.762. The average molecular weight is 460 g/mol. The number of amides is 2. The minimum Gasteiger partial charge on any atom is -0.378 e. The molecule has 1 aromatic carbocycles. The van der Waals surface area contributed by atoms with Crippen molar-refractivity contribution in [1.29, 1.82) is 0 Å². The van der Waals surface area contributed by atoms with Gasteiger partial charge < -0.3 is 25.6 Å². The van der Waals surface area contributed by atoms with E-state index in [2.05, 4.69) is 32.4 Å². The molecule has 2 saturated heterocycles. The zero-order valence-electron chi connectivity index (χ0n) is 18.3. The predicted molar refractivity (Wildman–Crippen MR) is 127 cm³/mol. The molecule has 0 aliphatic carbocycles. The SMILES string of the molecule is C=CN=C(C(=O)NC1CCNCC1)/C(=C\C)NC(=O)c1ccc(N2CCOCC2)cc1Cl. The van der Waals surface area contributed by atoms with Gasteiger partial charge in [0.1, 0.15) is 0 Å². The van der Waals surface area contributed by atoms with E-state index in [1.807, 2.05) is 6.07 Å². The Bertz CT molecular complexity index is 903. The van der Waals surface area contributed by atoms with E-state index < -0.39 is 5.91 Å². The molecular formula is C23H30ClN5O3. The van der Waals surface area contributed by atoms with Crippen LogP contribution in [0.15, 0.2) is 47.7 Å². The van der Waals surface area contributed by atoms with Crippen LogP contribution in [0.5, 0.6) is 0 Å². The van der Waals surface area contributed by atoms with Gasteiger partial charge in [-0.1, -0.05) is 24.3 Å². The first-order valence-corrected chi connectivity index (χ1v) is 11.2. The van der Waals surface area contributed by atoms with Gasteiger partial charge in [0.2, 0.25) is 0 Å². The molecule has 2 aliphatic rings. The van der Waals surface area contributed by atoms with Gasteiger partial charge >= 0.3 is 0 Å². The third-order valence-corrected chi connectivity index (χ3v) is 5.79. The molecule has 3 N–H and O–H groups in total. The van der Waals surface area contributed by atoms with Crippen LogP contribution in [0, 0.1) is 0 Å². The Kier molecular flexibility index (Phi) is 8.84. The first-order chi connectivity index (χ1) is 15.5. The number of rotatable bonds is 7. The number of piperidine rings is 1. The zero-order chi connectivity index (χ0) is 22.9. The minimum absolute atomic E-state index is 0.0646. The summed E-state index contributed by atoms with van der Waals surface area (Å²) in [7, 11) is 0. The van der Waals surface area contributed by atoms with Crippen molar-refractivity contribution in [3.8, 4) is 0 Å². The van der Waals surface area contributed by atoms with Crippen LogP contribution in [0.2, 0.25) is 5.02 Å². The topological polar surface area (TPSA) is 95.1 Å². The van der Waals surface area contributed by atoms with Crippen LogP contribution in [-0.4, -0.2) is 63.0 Å². The minimum atomic E-state index is -0.414. The number of carbonyl (C=O) groups excluding carboxylic acids is 2. The molecule has 0 atom stereocenters. The van der Waals surface area contributed by atoms with Crippen LogP contribution in [0.4, 0.5) is 5.69 Å². The molecule has 9 heteroatoms. The first-order valence-electron chi connectivity index (χ1n) is 10.8. The van der Waals surface area contributed by atoms with Crippen molar-refractivity contribution in [1.82, 2.24) is 16.0 Å². The Balaban J connectivity index is 1.71. The number of nitrogens with one attached hydrogen (secondary N) is 3. The van der Waals surface area contributed by atoms with Crippen LogP contribution in [-0.2, 0) is 9.53 Å². The van der Waals surface area contributed by atoms with Crippen LogP contribution in [0.3, 0.4) is 0 Å². The molecule has 2 heterocycles. The van der Waals surface area contributed by atoms with Gasteiger partial charge in [-0.05, 0) is 51.1 Å². The molecular weight excluding hydrogens is 430 g/mol. The lowest BCUT2D eigenvalue weighted by molar-refractivity contribution is -0.115. The molecule has 2 amide bonds. The molecule has 0 aromatic heterocycles. The Hall–Kier alpha value is -2.68. The Morgan fingerprint density at radius 1 is 1.28 bits per heavy atom. The van der Waals surface area contributed by atoms with E-state index in [1.54, 1.807) is 25.1 Å². The lowest BCUT2D eigenvalue weighted by Gasteiger charge is -2.29. The summed E-state index contributed by atoms with van der Waals surface area (Å²) >= 11 is 6.43. The van der Waals surface area contributed by atoms with E-state index in [-0.39, 0.29) is 17.7 Å². The maximum Gasteiger partial charge on any atom is 0.272 e. The van der Waals surface area contributed by atoms with E-state index in [1.165, 1.54) is 6.20 Å². The van der Waals surface area contributed by atoms with E-state index in [0.717, 1.165) is 44.7 Å². The van der Waals surface area contributed by atoms with Gasteiger partial charge in [0.25, 0.3) is 11.8 Å². The monoisotopic (exact) mass is 459 g/mol. The molecule has 172 valence electrons. The molecule has 2 aliphatic heterocycles. The number of hydrogen-bond acceptors (Lipinski definition) is 6. The summed E-state index contributed by atoms with van der Waals surface area (Å²) in [6.45, 7) is 9.91. The van der Waals surface area contributed by atoms with Gasteiger partial charge in [0.05, 0.1) is 29.5 Å². The fraction of sp³-hybridized carbons (Fsp3) is 0.435. The Labute approximate surface area is 193 Å². The second kappa shape index (κ2) is 11.8. The predicted octanol–water partition coefficient (Wildman–Crippen LogP) is 2.26. The summed E-state index contributed by atoms with van der Waals surface area (Å²) in [4.78, 5) is 32.1. The Morgan fingerprint density at radius 2 is 2.00 bits per heavy atom. The summed E-state index contributed by atoms with van der Waals surface area (Å²) < 4.78 is 5.38. The number of ether oxygens (including phenoxy) is 1. The quantitative estimate of drug-likeness (QED) is 0.544. The van der Waals surface area contributed by atoms with Crippen molar-refractivity contribution < 1.29 is 14.3 Å². The van der Waals surface area contributed by atoms with Gasteiger partial charge in [-0.3, -0.25) is 9.59 Å². The van der Waals surface area contributed by atoms with Gasteiger partial charge in [0.15, 0.2) is 5.71 Å². The lowest BCUT2D eigenvalue weighted by atomic mass is 10.1. The number of nitrogens with zero attached hydrogens (tertiary/aromatic N) is 2. The third kappa shape index (κ3) is 6.18. The number of morpholine rings is 1. The highest BCUT2D eigenvalue weighted by atomic mass is 35.5. The largest absolute Gasteiger partial charge is 0.378 e. The maximum atomic E-state index is 13.0. The molecule has 0 spiro atoms. The number of anilines is 1. The van der Waals surface area contributed by atoms with Gasteiger partial charge in [-0.25, -0.2) is 4.99 Å². The molecule has 0 unspecified atom stereocenters. The number of benzene rings is 1. The standard InChI is InChI=1S/C23H30ClN5O3/c1-3-20(21(26-4-2)23(31)27-16-7-9-25-10-8-16)28-22(30)18-6-5-17(15-19(18)24)29-11-13-32-14-12-29/h3-6,15-16,25H,2,7-14H2,1H3,(H,27,31)(H,28,30)/b20-3+,26-21?. The molecule has 0 radical (unpaired) electrons. The molecule has 3 rings (SSSR count). The number of hydrogen-bond donors (Lipinski definition) is 3. The average Bonchev–Trinajstić information content (AvgIpc) is 2.82. The van der Waals surface area contributed by atoms with E-state index in [9.17, 15) is 9.59 Å². The smallest absolute Gasteiger partial charge is 0.272 e. The van der Waals surface area contributed by atoms with Crippen molar-refractivity contribution in [3.05, 3.63) is 53.3 Å². The van der Waals surface area contributed by atoms with Crippen LogP contribution in [0.25, 0.3) is 0 Å². The maximum absolute atomic E-state index is 13.0. The lowest BCUT2D eigenvalue weighted by Crippen LogP contribution is -2.46. The third-order valence-electron chi connectivity index (χ3n) is 5.48. The zero-order valence-corrected chi connectivity index (χ0v) is 19.1. The van der Waals surface area contributed by atoms with Crippen molar-refractivity contribution in [2.24, 2.45) is 4.99 Å². The van der Waals surface area contributed by atoms with E-state index in [4.69, 9.17) is 16.3 Å². The molecule has 0 saturated carbocycles. The number of allylic oxidation sites excluding steroid dienone is 1. The summed E-state index contributed by atoms with van der Waals surface area (Å²) in [6.07, 6.45) is 4.61. The fourth-order valence-corrected chi connectivity index (χ4v) is 3.99. The van der Waals surface area contributed by atoms with Crippen LogP contribution < -0.4 is 20.9 Å². The summed E-state index contributed by atoms with van der Waals surface area (Å²) in [6, 6.07) is 5.40. The van der Waals surface area contributed by atoms with Crippen molar-refractivity contribution in [2.45, 2.75) is 25.8 Å². The highest BCUT2D eigenvalue weighted by Crippen LogP contribution is 2.24. The number of carbonyl (C=O) groups is 2. The Morgan fingerprint density at radius 3 is 2.62 bits per heavy atom. The highest BCUT2D eigenvalue weighted by molar-refractivity contribution is 6.46. The molecule has 32 heavy (non-hydrogen) atoms. The molecule has 2 fully saturated rings. The van der Waals surface area contributed by atoms with Crippen molar-refractivity contribution >= 4 is 34.8 Å². The van der Waals surface area contributed by atoms with Crippen LogP contribution >= 0.6 is 11.6 Å². The first kappa shape index (κ1) is 24.0. The molecule has 1 aromatic rings. The van der Waals surface area contributed by atoms with E-state index in [0.29, 0.717) is 29.5 Å². The van der Waals surface area contributed by atoms with Crippen molar-refractivity contribution in [2.75, 3.05) is 44.3 Å². The summed E-state index contributed by atoms with van der Waals surface area (Å²) in [5.41, 5.74) is 1.67. The van der Waals surface area contributed by atoms with Crippen LogP contribution in [0.1, 0.15) is 30.1 Å². The van der Waals surface area contributed by atoms with E-state index >= 15 is 0 Å². The fourth-order valence-electron chi connectivity index (χ4n) is 3.73. The second-order valence-electron chi connectivity index (χ2n) is 7.58. The summed E-state index contributed by atoms with van der Waals surface area (Å²) in [5, 5.41) is 9.37.